The molecule has 1 aliphatic heterocycles. The molecule has 0 aliphatic carbocycles. The molecular weight excluding hydrogens is 142 g/mol. The average molecular weight is 155 g/mol. The van der Waals surface area contributed by atoms with Crippen LogP contribution in [0.25, 0.3) is 0 Å². The van der Waals surface area contributed by atoms with E-state index in [9.17, 15) is 4.79 Å². The molecule has 0 spiro atoms. The zero-order valence-electron chi connectivity index (χ0n) is 6.96. The largest absolute Gasteiger partial charge is 0.447 e. The van der Waals surface area contributed by atoms with Crippen molar-refractivity contribution >= 4 is 6.09 Å². The van der Waals surface area contributed by atoms with Gasteiger partial charge in [0, 0.05) is 5.70 Å². The van der Waals surface area contributed by atoms with Crippen LogP contribution in [0.5, 0.6) is 0 Å². The molecule has 0 aromatic rings. The van der Waals surface area contributed by atoms with Crippen molar-refractivity contribution < 1.29 is 9.53 Å². The lowest BCUT2D eigenvalue weighted by Crippen LogP contribution is -2.30. The highest BCUT2D eigenvalue weighted by molar-refractivity contribution is 5.72. The molecule has 0 bridgehead atoms. The third-order valence-corrected chi connectivity index (χ3v) is 1.84. The first-order valence-electron chi connectivity index (χ1n) is 3.78. The molecule has 11 heavy (non-hydrogen) atoms. The van der Waals surface area contributed by atoms with Crippen LogP contribution in [-0.4, -0.2) is 23.6 Å². The van der Waals surface area contributed by atoms with Gasteiger partial charge in [0.15, 0.2) is 0 Å². The molecule has 1 aliphatic rings. The Hall–Kier alpha value is -0.990. The summed E-state index contributed by atoms with van der Waals surface area (Å²) in [4.78, 5) is 12.6. The second-order valence-corrected chi connectivity index (χ2v) is 2.74. The maximum Gasteiger partial charge on any atom is 0.414 e. The van der Waals surface area contributed by atoms with Gasteiger partial charge in [0.05, 0.1) is 6.04 Å². The van der Waals surface area contributed by atoms with Crippen LogP contribution < -0.4 is 0 Å². The van der Waals surface area contributed by atoms with Crippen LogP contribution in [0.4, 0.5) is 4.79 Å². The van der Waals surface area contributed by atoms with Crippen LogP contribution in [-0.2, 0) is 4.74 Å². The van der Waals surface area contributed by atoms with Gasteiger partial charge in [-0.15, -0.1) is 0 Å². The van der Waals surface area contributed by atoms with E-state index < -0.39 is 0 Å². The molecule has 1 saturated heterocycles. The van der Waals surface area contributed by atoms with Gasteiger partial charge in [-0.25, -0.2) is 4.79 Å². The molecule has 0 aromatic carbocycles. The van der Waals surface area contributed by atoms with Crippen molar-refractivity contribution in [3.63, 3.8) is 0 Å². The van der Waals surface area contributed by atoms with Gasteiger partial charge in [0.2, 0.25) is 0 Å². The van der Waals surface area contributed by atoms with Crippen molar-refractivity contribution in [3.05, 3.63) is 12.3 Å². The van der Waals surface area contributed by atoms with Crippen molar-refractivity contribution in [2.75, 3.05) is 6.61 Å². The Balaban J connectivity index is 2.71. The van der Waals surface area contributed by atoms with Gasteiger partial charge < -0.3 is 4.74 Å². The summed E-state index contributed by atoms with van der Waals surface area (Å²) < 4.78 is 4.86. The Morgan fingerprint density at radius 1 is 1.91 bits per heavy atom. The van der Waals surface area contributed by atoms with E-state index in [0.717, 1.165) is 12.1 Å². The lowest BCUT2D eigenvalue weighted by molar-refractivity contribution is 0.164. The van der Waals surface area contributed by atoms with Gasteiger partial charge in [0.1, 0.15) is 6.61 Å². The monoisotopic (exact) mass is 155 g/mol. The van der Waals surface area contributed by atoms with Crippen LogP contribution in [0.2, 0.25) is 0 Å². The summed E-state index contributed by atoms with van der Waals surface area (Å²) in [5.41, 5.74) is 0.763. The Morgan fingerprint density at radius 2 is 2.55 bits per heavy atom. The molecule has 0 saturated carbocycles. The Bertz CT molecular complexity index is 189. The minimum atomic E-state index is -0.260. The van der Waals surface area contributed by atoms with Crippen LogP contribution >= 0.6 is 0 Å². The van der Waals surface area contributed by atoms with E-state index in [1.165, 1.54) is 0 Å². The SMILES string of the molecule is C=C(C)N1C(=O)OCC1CC. The number of cyclic esters (lactones) is 1. The summed E-state index contributed by atoms with van der Waals surface area (Å²) in [6.07, 6.45) is 0.655. The number of carbonyl (C=O) groups is 1. The molecule has 1 amide bonds. The van der Waals surface area contributed by atoms with Crippen molar-refractivity contribution in [3.8, 4) is 0 Å². The maximum absolute atomic E-state index is 11.0. The lowest BCUT2D eigenvalue weighted by Gasteiger charge is -2.19. The van der Waals surface area contributed by atoms with E-state index in [1.807, 2.05) is 13.8 Å². The fourth-order valence-electron chi connectivity index (χ4n) is 1.23. The minimum Gasteiger partial charge on any atom is -0.447 e. The summed E-state index contributed by atoms with van der Waals surface area (Å²) in [5.74, 6) is 0. The molecule has 3 nitrogen and oxygen atoms in total. The molecule has 1 rings (SSSR count). The smallest absolute Gasteiger partial charge is 0.414 e. The van der Waals surface area contributed by atoms with Crippen molar-refractivity contribution in [2.45, 2.75) is 26.3 Å². The van der Waals surface area contributed by atoms with Crippen molar-refractivity contribution in [1.29, 1.82) is 0 Å². The summed E-state index contributed by atoms with van der Waals surface area (Å²) in [7, 11) is 0. The fraction of sp³-hybridized carbons (Fsp3) is 0.625. The predicted molar refractivity (Wildman–Crippen MR) is 42.1 cm³/mol. The number of rotatable bonds is 2. The van der Waals surface area contributed by atoms with Crippen molar-refractivity contribution in [1.82, 2.24) is 4.90 Å². The molecule has 1 unspecified atom stereocenters. The van der Waals surface area contributed by atoms with Gasteiger partial charge in [-0.05, 0) is 13.3 Å². The molecule has 3 heteroatoms. The van der Waals surface area contributed by atoms with E-state index in [0.29, 0.717) is 6.61 Å². The van der Waals surface area contributed by atoms with Gasteiger partial charge in [0.25, 0.3) is 0 Å². The van der Waals surface area contributed by atoms with Gasteiger partial charge in [-0.1, -0.05) is 13.5 Å². The third kappa shape index (κ3) is 1.37. The van der Waals surface area contributed by atoms with Gasteiger partial charge in [-0.3, -0.25) is 4.90 Å². The van der Waals surface area contributed by atoms with E-state index in [4.69, 9.17) is 4.74 Å². The molecule has 0 N–H and O–H groups in total. The third-order valence-electron chi connectivity index (χ3n) is 1.84. The van der Waals surface area contributed by atoms with E-state index in [-0.39, 0.29) is 12.1 Å². The molecule has 1 fully saturated rings. The number of ether oxygens (including phenoxy) is 1. The zero-order valence-corrected chi connectivity index (χ0v) is 6.96. The van der Waals surface area contributed by atoms with E-state index >= 15 is 0 Å². The summed E-state index contributed by atoms with van der Waals surface area (Å²) in [6, 6.07) is 0.194. The standard InChI is InChI=1S/C8H13NO2/c1-4-7-5-11-8(10)9(7)6(2)3/h7H,2,4-5H2,1,3H3. The predicted octanol–water partition coefficient (Wildman–Crippen LogP) is 1.75. The Morgan fingerprint density at radius 3 is 2.91 bits per heavy atom. The molecule has 0 radical (unpaired) electrons. The number of hydrogen-bond acceptors (Lipinski definition) is 2. The van der Waals surface area contributed by atoms with Crippen LogP contribution in [0, 0.1) is 0 Å². The molecule has 62 valence electrons. The second kappa shape index (κ2) is 2.95. The first-order chi connectivity index (χ1) is 5.16. The summed E-state index contributed by atoms with van der Waals surface area (Å²) in [5, 5.41) is 0. The first kappa shape index (κ1) is 8.11. The molecule has 1 atom stereocenters. The number of allylic oxidation sites excluding steroid dienone is 1. The normalized spacial score (nSPS) is 23.6. The highest BCUT2D eigenvalue weighted by Gasteiger charge is 2.31. The fourth-order valence-corrected chi connectivity index (χ4v) is 1.23. The second-order valence-electron chi connectivity index (χ2n) is 2.74. The number of amides is 1. The topological polar surface area (TPSA) is 29.5 Å². The highest BCUT2D eigenvalue weighted by atomic mass is 16.6. The average Bonchev–Trinajstić information content (AvgIpc) is 2.30. The first-order valence-corrected chi connectivity index (χ1v) is 3.78. The highest BCUT2D eigenvalue weighted by Crippen LogP contribution is 2.18. The molecule has 1 heterocycles. The minimum absolute atomic E-state index is 0.194. The van der Waals surface area contributed by atoms with Crippen LogP contribution in [0.15, 0.2) is 12.3 Å². The maximum atomic E-state index is 11.0. The molecule has 0 aromatic heterocycles. The van der Waals surface area contributed by atoms with Gasteiger partial charge >= 0.3 is 6.09 Å². The summed E-state index contributed by atoms with van der Waals surface area (Å²) >= 11 is 0. The van der Waals surface area contributed by atoms with Crippen LogP contribution in [0.3, 0.4) is 0 Å². The number of carbonyl (C=O) groups excluding carboxylic acids is 1. The van der Waals surface area contributed by atoms with E-state index in [2.05, 4.69) is 6.58 Å². The number of hydrogen-bond donors (Lipinski definition) is 0. The van der Waals surface area contributed by atoms with Crippen LogP contribution in [0.1, 0.15) is 20.3 Å². The Labute approximate surface area is 66.6 Å². The van der Waals surface area contributed by atoms with Gasteiger partial charge in [-0.2, -0.15) is 0 Å². The summed E-state index contributed by atoms with van der Waals surface area (Å²) in [6.45, 7) is 8.06. The lowest BCUT2D eigenvalue weighted by atomic mass is 10.2. The quantitative estimate of drug-likeness (QED) is 0.608. The zero-order chi connectivity index (χ0) is 8.43. The Kier molecular flexibility index (Phi) is 2.17. The van der Waals surface area contributed by atoms with E-state index in [1.54, 1.807) is 4.90 Å². The molecular formula is C8H13NO2. The number of nitrogens with zero attached hydrogens (tertiary/aromatic N) is 1. The van der Waals surface area contributed by atoms with Crippen molar-refractivity contribution in [2.24, 2.45) is 0 Å².